The first-order valence-electron chi connectivity index (χ1n) is 9.49. The number of Topliss-reactive ketones (excluding diaryl/α,β-unsaturated/α-hetero) is 1. The molecule has 3 rings (SSSR count). The molecule has 0 radical (unpaired) electrons. The van der Waals surface area contributed by atoms with E-state index in [9.17, 15) is 4.79 Å². The van der Waals surface area contributed by atoms with E-state index in [0.29, 0.717) is 13.0 Å². The van der Waals surface area contributed by atoms with E-state index in [0.717, 1.165) is 0 Å². The van der Waals surface area contributed by atoms with Crippen LogP contribution in [0.3, 0.4) is 0 Å². The van der Waals surface area contributed by atoms with E-state index in [2.05, 4.69) is 33.9 Å². The predicted octanol–water partition coefficient (Wildman–Crippen LogP) is 3.39. The van der Waals surface area contributed by atoms with Crippen molar-refractivity contribution in [1.29, 1.82) is 0 Å². The van der Waals surface area contributed by atoms with Gasteiger partial charge >= 0.3 is 0 Å². The summed E-state index contributed by atoms with van der Waals surface area (Å²) < 4.78 is 30.7. The normalized spacial score (nSPS) is 39.0. The minimum Gasteiger partial charge on any atom is -0.414 e. The van der Waals surface area contributed by atoms with Crippen LogP contribution in [0.15, 0.2) is 0 Å². The Kier molecular flexibility index (Phi) is 4.59. The summed E-state index contributed by atoms with van der Waals surface area (Å²) in [4.78, 5) is 13.1. The summed E-state index contributed by atoms with van der Waals surface area (Å²) >= 11 is 0. The fourth-order valence-electron chi connectivity index (χ4n) is 3.82. The second kappa shape index (κ2) is 5.84. The molecule has 3 aliphatic rings. The summed E-state index contributed by atoms with van der Waals surface area (Å²) in [5.41, 5.74) is -0.832. The van der Waals surface area contributed by atoms with Gasteiger partial charge in [-0.1, -0.05) is 20.8 Å². The molecule has 0 aromatic rings. The van der Waals surface area contributed by atoms with Gasteiger partial charge in [-0.2, -0.15) is 0 Å². The molecule has 1 saturated carbocycles. The van der Waals surface area contributed by atoms with Gasteiger partial charge in [0.05, 0.1) is 12.7 Å². The van der Waals surface area contributed by atoms with Crippen molar-refractivity contribution in [2.24, 2.45) is 0 Å². The lowest BCUT2D eigenvalue weighted by atomic mass is 9.79. The Hall–Kier alpha value is -0.313. The monoisotopic (exact) mass is 386 g/mol. The highest BCUT2D eigenvalue weighted by Crippen LogP contribution is 2.49. The number of rotatable bonds is 3. The number of carbonyl (C=O) groups is 1. The number of hydrogen-bond acceptors (Lipinski definition) is 6. The van der Waals surface area contributed by atoms with Crippen LogP contribution >= 0.6 is 0 Å². The lowest BCUT2D eigenvalue weighted by Gasteiger charge is -2.43. The molecule has 0 aromatic heterocycles. The van der Waals surface area contributed by atoms with E-state index in [-0.39, 0.29) is 16.9 Å². The van der Waals surface area contributed by atoms with E-state index in [1.165, 1.54) is 0 Å². The van der Waals surface area contributed by atoms with Crippen LogP contribution in [0.1, 0.15) is 54.9 Å². The third kappa shape index (κ3) is 3.42. The van der Waals surface area contributed by atoms with Gasteiger partial charge in [-0.3, -0.25) is 4.79 Å². The van der Waals surface area contributed by atoms with Crippen LogP contribution in [-0.2, 0) is 28.2 Å². The summed E-state index contributed by atoms with van der Waals surface area (Å²) in [6.45, 7) is 18.7. The molecule has 150 valence electrons. The van der Waals surface area contributed by atoms with Gasteiger partial charge < -0.3 is 23.4 Å². The van der Waals surface area contributed by atoms with Crippen molar-refractivity contribution in [3.05, 3.63) is 0 Å². The number of ether oxygens (including phenoxy) is 4. The Labute approximate surface area is 158 Å². The number of hydrogen-bond donors (Lipinski definition) is 0. The van der Waals surface area contributed by atoms with Crippen molar-refractivity contribution in [3.8, 4) is 0 Å². The highest BCUT2D eigenvalue weighted by Gasteiger charge is 2.66. The van der Waals surface area contributed by atoms with Crippen LogP contribution in [-0.4, -0.2) is 56.2 Å². The maximum Gasteiger partial charge on any atom is 0.196 e. The minimum absolute atomic E-state index is 0.0737. The molecular formula is C19H34O6Si. The van der Waals surface area contributed by atoms with Crippen molar-refractivity contribution < 1.29 is 28.2 Å². The van der Waals surface area contributed by atoms with Gasteiger partial charge in [0.2, 0.25) is 0 Å². The van der Waals surface area contributed by atoms with Crippen LogP contribution in [0.4, 0.5) is 0 Å². The van der Waals surface area contributed by atoms with Crippen molar-refractivity contribution in [2.45, 2.75) is 109 Å². The summed E-state index contributed by atoms with van der Waals surface area (Å²) in [6.07, 6.45) is -1.11. The average molecular weight is 387 g/mol. The molecule has 0 aromatic carbocycles. The number of ketones is 1. The zero-order valence-electron chi connectivity index (χ0n) is 17.6. The first kappa shape index (κ1) is 20.4. The molecule has 2 aliphatic heterocycles. The van der Waals surface area contributed by atoms with Gasteiger partial charge in [0.1, 0.15) is 11.7 Å². The molecule has 1 aliphatic carbocycles. The molecule has 0 bridgehead atoms. The Morgan fingerprint density at radius 1 is 1.08 bits per heavy atom. The van der Waals surface area contributed by atoms with Gasteiger partial charge in [0, 0.05) is 6.42 Å². The minimum atomic E-state index is -2.00. The summed E-state index contributed by atoms with van der Waals surface area (Å²) in [5, 5.41) is 0.0737. The standard InChI is InChI=1S/C19H34O6Si/c1-16(2,3)26(8,9)21-11-19-10-12-14(23-17(4,5)22-12)13(20)15(19)24-18(6,7)25-19/h12,14-15H,10-11H2,1-9H3/t12-,14-,15+,19+/m1/s1. The van der Waals surface area contributed by atoms with E-state index in [1.807, 2.05) is 27.7 Å². The Morgan fingerprint density at radius 2 is 1.69 bits per heavy atom. The lowest BCUT2D eigenvalue weighted by Crippen LogP contribution is -2.61. The van der Waals surface area contributed by atoms with Crippen LogP contribution in [0.5, 0.6) is 0 Å². The molecule has 0 N–H and O–H groups in total. The molecule has 2 heterocycles. The molecular weight excluding hydrogens is 352 g/mol. The molecule has 0 amide bonds. The molecule has 26 heavy (non-hydrogen) atoms. The third-order valence-electron chi connectivity index (χ3n) is 6.08. The molecule has 0 spiro atoms. The number of fused-ring (bicyclic) bond motifs is 2. The van der Waals surface area contributed by atoms with E-state index >= 15 is 0 Å². The van der Waals surface area contributed by atoms with Gasteiger partial charge in [0.25, 0.3) is 0 Å². The van der Waals surface area contributed by atoms with Crippen molar-refractivity contribution in [1.82, 2.24) is 0 Å². The van der Waals surface area contributed by atoms with E-state index < -0.39 is 37.7 Å². The topological polar surface area (TPSA) is 63.2 Å². The van der Waals surface area contributed by atoms with Gasteiger partial charge in [0.15, 0.2) is 31.8 Å². The van der Waals surface area contributed by atoms with Crippen molar-refractivity contribution >= 4 is 14.1 Å². The maximum absolute atomic E-state index is 13.1. The highest BCUT2D eigenvalue weighted by molar-refractivity contribution is 6.74. The molecule has 6 nitrogen and oxygen atoms in total. The second-order valence-corrected chi connectivity index (χ2v) is 15.1. The van der Waals surface area contributed by atoms with Gasteiger partial charge in [-0.15, -0.1) is 0 Å². The van der Waals surface area contributed by atoms with Gasteiger partial charge in [-0.25, -0.2) is 0 Å². The number of carbonyl (C=O) groups excluding carboxylic acids is 1. The Balaban J connectivity index is 1.88. The largest absolute Gasteiger partial charge is 0.414 e. The van der Waals surface area contributed by atoms with E-state index in [4.69, 9.17) is 23.4 Å². The van der Waals surface area contributed by atoms with Crippen molar-refractivity contribution in [3.63, 3.8) is 0 Å². The molecule has 3 fully saturated rings. The second-order valence-electron chi connectivity index (χ2n) is 10.3. The van der Waals surface area contributed by atoms with Crippen LogP contribution < -0.4 is 0 Å². The highest BCUT2D eigenvalue weighted by atomic mass is 28.4. The molecule has 4 atom stereocenters. The van der Waals surface area contributed by atoms with Crippen molar-refractivity contribution in [2.75, 3.05) is 6.61 Å². The fourth-order valence-corrected chi connectivity index (χ4v) is 4.86. The van der Waals surface area contributed by atoms with E-state index in [1.54, 1.807) is 0 Å². The smallest absolute Gasteiger partial charge is 0.196 e. The predicted molar refractivity (Wildman–Crippen MR) is 99.4 cm³/mol. The van der Waals surface area contributed by atoms with Gasteiger partial charge in [-0.05, 0) is 45.8 Å². The van der Waals surface area contributed by atoms with Crippen LogP contribution in [0.25, 0.3) is 0 Å². The molecule has 7 heteroatoms. The maximum atomic E-state index is 13.1. The zero-order valence-corrected chi connectivity index (χ0v) is 18.6. The summed E-state index contributed by atoms with van der Waals surface area (Å²) in [5.74, 6) is -1.72. The molecule has 0 unspecified atom stereocenters. The lowest BCUT2D eigenvalue weighted by molar-refractivity contribution is -0.182. The third-order valence-corrected chi connectivity index (χ3v) is 10.6. The average Bonchev–Trinajstić information content (AvgIpc) is 2.88. The zero-order chi connectivity index (χ0) is 19.8. The fraction of sp³-hybridized carbons (Fsp3) is 0.947. The first-order chi connectivity index (χ1) is 11.6. The van der Waals surface area contributed by atoms with Crippen LogP contribution in [0.2, 0.25) is 18.1 Å². The first-order valence-corrected chi connectivity index (χ1v) is 12.4. The molecule has 2 saturated heterocycles. The summed E-state index contributed by atoms with van der Waals surface area (Å²) in [7, 11) is -2.00. The summed E-state index contributed by atoms with van der Waals surface area (Å²) in [6, 6.07) is 0. The Morgan fingerprint density at radius 3 is 2.27 bits per heavy atom. The quantitative estimate of drug-likeness (QED) is 0.693. The Bertz CT molecular complexity index is 593. The SMILES string of the molecule is CC1(C)O[C@@H]2C[C@@]3(CO[Si](C)(C)C(C)(C)C)OC(C)(C)O[C@H]3C(=O)[C@@H]2O1. The van der Waals surface area contributed by atoms with Crippen LogP contribution in [0, 0.1) is 0 Å².